The van der Waals surface area contributed by atoms with Gasteiger partial charge in [0, 0.05) is 6.04 Å². The zero-order valence-corrected chi connectivity index (χ0v) is 12.3. The molecule has 1 N–H and O–H groups in total. The maximum atomic E-state index is 9.81. The van der Waals surface area contributed by atoms with Crippen molar-refractivity contribution in [2.24, 2.45) is 5.92 Å². The highest BCUT2D eigenvalue weighted by atomic mass is 16.3. The molecule has 104 valence electrons. The molecule has 0 spiro atoms. The Balaban J connectivity index is 2.03. The van der Waals surface area contributed by atoms with Gasteiger partial charge in [0.2, 0.25) is 0 Å². The Morgan fingerprint density at radius 2 is 2.21 bits per heavy atom. The van der Waals surface area contributed by atoms with Gasteiger partial charge in [-0.15, -0.1) is 0 Å². The molecule has 2 bridgehead atoms. The molecule has 3 atom stereocenters. The predicted octanol–water partition coefficient (Wildman–Crippen LogP) is 3.33. The van der Waals surface area contributed by atoms with Crippen molar-refractivity contribution in [3.63, 3.8) is 0 Å². The van der Waals surface area contributed by atoms with Crippen LogP contribution in [0.4, 0.5) is 0 Å². The van der Waals surface area contributed by atoms with Crippen molar-refractivity contribution in [1.82, 2.24) is 4.90 Å². The molecule has 0 unspecified atom stereocenters. The standard InChI is InChI=1S/C17H25NO/c1-4-8-18-9-7-17(3)12(2)16(18)10-13-5-6-14(19)11-15(13)17/h5-6,11-12,16,19H,4,7-10H2,1-3H3/t12-,16+,17-/m0/s1. The van der Waals surface area contributed by atoms with E-state index in [-0.39, 0.29) is 5.41 Å². The molecule has 2 heteroatoms. The summed E-state index contributed by atoms with van der Waals surface area (Å²) in [5.41, 5.74) is 3.08. The van der Waals surface area contributed by atoms with E-state index in [2.05, 4.69) is 31.7 Å². The molecule has 1 aromatic rings. The molecule has 0 radical (unpaired) electrons. The van der Waals surface area contributed by atoms with E-state index in [9.17, 15) is 5.11 Å². The Morgan fingerprint density at radius 1 is 1.42 bits per heavy atom. The van der Waals surface area contributed by atoms with Crippen molar-refractivity contribution in [2.75, 3.05) is 13.1 Å². The van der Waals surface area contributed by atoms with Gasteiger partial charge in [0.25, 0.3) is 0 Å². The molecule has 0 amide bonds. The molecule has 2 nitrogen and oxygen atoms in total. The maximum Gasteiger partial charge on any atom is 0.115 e. The summed E-state index contributed by atoms with van der Waals surface area (Å²) < 4.78 is 0. The van der Waals surface area contributed by atoms with Crippen LogP contribution in [0.25, 0.3) is 0 Å². The summed E-state index contributed by atoms with van der Waals surface area (Å²) in [5, 5.41) is 9.81. The average molecular weight is 259 g/mol. The number of phenols is 1. The van der Waals surface area contributed by atoms with Gasteiger partial charge < -0.3 is 5.11 Å². The zero-order chi connectivity index (χ0) is 13.6. The van der Waals surface area contributed by atoms with Gasteiger partial charge >= 0.3 is 0 Å². The van der Waals surface area contributed by atoms with E-state index in [1.807, 2.05) is 12.1 Å². The molecule has 1 fully saturated rings. The number of phenolic OH excluding ortho intramolecular Hbond substituents is 1. The van der Waals surface area contributed by atoms with Crippen LogP contribution >= 0.6 is 0 Å². The number of nitrogens with zero attached hydrogens (tertiary/aromatic N) is 1. The molecule has 1 heterocycles. The largest absolute Gasteiger partial charge is 0.508 e. The Labute approximate surface area is 116 Å². The normalized spacial score (nSPS) is 34.1. The molecule has 0 aromatic heterocycles. The minimum Gasteiger partial charge on any atom is -0.508 e. The van der Waals surface area contributed by atoms with Crippen LogP contribution < -0.4 is 0 Å². The van der Waals surface area contributed by atoms with E-state index < -0.39 is 0 Å². The van der Waals surface area contributed by atoms with Crippen LogP contribution in [0.2, 0.25) is 0 Å². The summed E-state index contributed by atoms with van der Waals surface area (Å²) >= 11 is 0. The third kappa shape index (κ3) is 1.88. The summed E-state index contributed by atoms with van der Waals surface area (Å²) in [5.74, 6) is 1.09. The number of piperidine rings is 1. The first-order valence-corrected chi connectivity index (χ1v) is 7.62. The highest BCUT2D eigenvalue weighted by Crippen LogP contribution is 2.49. The van der Waals surface area contributed by atoms with Gasteiger partial charge in [0.05, 0.1) is 0 Å². The van der Waals surface area contributed by atoms with Crippen LogP contribution in [0.15, 0.2) is 18.2 Å². The maximum absolute atomic E-state index is 9.81. The third-order valence-electron chi connectivity index (χ3n) is 5.62. The molecular weight excluding hydrogens is 234 g/mol. The van der Waals surface area contributed by atoms with Gasteiger partial charge in [-0.2, -0.15) is 0 Å². The van der Waals surface area contributed by atoms with Crippen molar-refractivity contribution in [1.29, 1.82) is 0 Å². The first kappa shape index (κ1) is 13.0. The number of fused-ring (bicyclic) bond motifs is 4. The summed E-state index contributed by atoms with van der Waals surface area (Å²) in [7, 11) is 0. The highest BCUT2D eigenvalue weighted by molar-refractivity contribution is 5.44. The molecular formula is C17H25NO. The number of aromatic hydroxyl groups is 1. The van der Waals surface area contributed by atoms with Crippen molar-refractivity contribution >= 4 is 0 Å². The van der Waals surface area contributed by atoms with Crippen LogP contribution in [0.1, 0.15) is 44.7 Å². The van der Waals surface area contributed by atoms with E-state index in [0.717, 1.165) is 6.42 Å². The Bertz CT molecular complexity index is 484. The van der Waals surface area contributed by atoms with Gasteiger partial charge in [0.1, 0.15) is 5.75 Å². The molecule has 1 aromatic carbocycles. The molecule has 1 aliphatic heterocycles. The highest BCUT2D eigenvalue weighted by Gasteiger charge is 2.48. The topological polar surface area (TPSA) is 23.5 Å². The second-order valence-electron chi connectivity index (χ2n) is 6.61. The Morgan fingerprint density at radius 3 is 2.95 bits per heavy atom. The van der Waals surface area contributed by atoms with Crippen LogP contribution in [-0.4, -0.2) is 29.1 Å². The van der Waals surface area contributed by atoms with Crippen molar-refractivity contribution in [2.45, 2.75) is 51.5 Å². The average Bonchev–Trinajstić information content (AvgIpc) is 2.38. The molecule has 3 rings (SSSR count). The fourth-order valence-corrected chi connectivity index (χ4v) is 4.26. The van der Waals surface area contributed by atoms with E-state index in [4.69, 9.17) is 0 Å². The lowest BCUT2D eigenvalue weighted by Crippen LogP contribution is -2.57. The lowest BCUT2D eigenvalue weighted by molar-refractivity contribution is 0.0315. The predicted molar refractivity (Wildman–Crippen MR) is 78.6 cm³/mol. The molecule has 0 saturated carbocycles. The summed E-state index contributed by atoms with van der Waals surface area (Å²) in [4.78, 5) is 2.68. The molecule has 2 aliphatic rings. The Kier molecular flexibility index (Phi) is 3.09. The van der Waals surface area contributed by atoms with Gasteiger partial charge in [-0.05, 0) is 66.9 Å². The number of hydrogen-bond donors (Lipinski definition) is 1. The monoisotopic (exact) mass is 259 g/mol. The molecule has 1 aliphatic carbocycles. The zero-order valence-electron chi connectivity index (χ0n) is 12.3. The number of benzene rings is 1. The second kappa shape index (κ2) is 4.52. The van der Waals surface area contributed by atoms with Crippen molar-refractivity contribution in [3.05, 3.63) is 29.3 Å². The summed E-state index contributed by atoms with van der Waals surface area (Å²) in [6.45, 7) is 9.49. The van der Waals surface area contributed by atoms with Crippen molar-refractivity contribution in [3.8, 4) is 5.75 Å². The fraction of sp³-hybridized carbons (Fsp3) is 0.647. The summed E-state index contributed by atoms with van der Waals surface area (Å²) in [6, 6.07) is 6.67. The SMILES string of the molecule is CCCN1CC[C@]2(C)c3cc(O)ccc3C[C@@H]1[C@@H]2C. The number of hydrogen-bond acceptors (Lipinski definition) is 2. The quantitative estimate of drug-likeness (QED) is 0.880. The van der Waals surface area contributed by atoms with Crippen LogP contribution in [-0.2, 0) is 11.8 Å². The minimum atomic E-state index is 0.237. The number of likely N-dealkylation sites (tertiary alicyclic amines) is 1. The van der Waals surface area contributed by atoms with Crippen LogP contribution in [0, 0.1) is 5.92 Å². The lowest BCUT2D eigenvalue weighted by Gasteiger charge is -2.54. The third-order valence-corrected chi connectivity index (χ3v) is 5.62. The van der Waals surface area contributed by atoms with Crippen molar-refractivity contribution < 1.29 is 5.11 Å². The molecule has 19 heavy (non-hydrogen) atoms. The van der Waals surface area contributed by atoms with Gasteiger partial charge in [-0.3, -0.25) is 4.90 Å². The van der Waals surface area contributed by atoms with Gasteiger partial charge in [-0.1, -0.05) is 26.8 Å². The smallest absolute Gasteiger partial charge is 0.115 e. The van der Waals surface area contributed by atoms with E-state index in [1.54, 1.807) is 0 Å². The van der Waals surface area contributed by atoms with Crippen LogP contribution in [0.5, 0.6) is 5.75 Å². The number of rotatable bonds is 2. The van der Waals surface area contributed by atoms with E-state index >= 15 is 0 Å². The first-order chi connectivity index (χ1) is 9.06. The second-order valence-corrected chi connectivity index (χ2v) is 6.61. The fourth-order valence-electron chi connectivity index (χ4n) is 4.26. The van der Waals surface area contributed by atoms with Crippen LogP contribution in [0.3, 0.4) is 0 Å². The lowest BCUT2D eigenvalue weighted by atomic mass is 9.59. The van der Waals surface area contributed by atoms with E-state index in [1.165, 1.54) is 37.1 Å². The Hall–Kier alpha value is -1.02. The van der Waals surface area contributed by atoms with E-state index in [0.29, 0.717) is 17.7 Å². The van der Waals surface area contributed by atoms with Gasteiger partial charge in [0.15, 0.2) is 0 Å². The van der Waals surface area contributed by atoms with Gasteiger partial charge in [-0.25, -0.2) is 0 Å². The molecule has 1 saturated heterocycles. The summed E-state index contributed by atoms with van der Waals surface area (Å²) in [6.07, 6.45) is 3.59. The first-order valence-electron chi connectivity index (χ1n) is 7.62. The minimum absolute atomic E-state index is 0.237.